The molecule has 3 aromatic rings. The van der Waals surface area contributed by atoms with Gasteiger partial charge in [0.05, 0.1) is 5.56 Å². The van der Waals surface area contributed by atoms with Crippen LogP contribution in [-0.2, 0) is 12.8 Å². The van der Waals surface area contributed by atoms with Crippen molar-refractivity contribution in [2.24, 2.45) is 0 Å². The lowest BCUT2D eigenvalue weighted by Crippen LogP contribution is -2.02. The van der Waals surface area contributed by atoms with E-state index in [-0.39, 0.29) is 22.9 Å². The van der Waals surface area contributed by atoms with Gasteiger partial charge >= 0.3 is 0 Å². The summed E-state index contributed by atoms with van der Waals surface area (Å²) < 4.78 is 55.0. The molecule has 0 aromatic heterocycles. The number of hydrogen-bond acceptors (Lipinski definition) is 0. The summed E-state index contributed by atoms with van der Waals surface area (Å²) in [5, 5.41) is 0. The normalized spacial score (nSPS) is 13.1. The van der Waals surface area contributed by atoms with E-state index in [9.17, 15) is 13.2 Å². The molecule has 0 radical (unpaired) electrons. The molecule has 1 fully saturated rings. The van der Waals surface area contributed by atoms with Crippen molar-refractivity contribution in [3.05, 3.63) is 105 Å². The van der Waals surface area contributed by atoms with Gasteiger partial charge in [0.1, 0.15) is 5.82 Å². The fourth-order valence-corrected chi connectivity index (χ4v) is 3.56. The van der Waals surface area contributed by atoms with Crippen molar-refractivity contribution in [2.45, 2.75) is 38.5 Å². The van der Waals surface area contributed by atoms with E-state index in [1.807, 2.05) is 13.0 Å². The maximum Gasteiger partial charge on any atom is 0.194 e. The molecule has 1 aliphatic carbocycles. The van der Waals surface area contributed by atoms with Crippen molar-refractivity contribution in [1.82, 2.24) is 0 Å². The van der Waals surface area contributed by atoms with Gasteiger partial charge < -0.3 is 0 Å². The quantitative estimate of drug-likeness (QED) is 0.259. The van der Waals surface area contributed by atoms with Crippen molar-refractivity contribution in [3.8, 4) is 11.8 Å². The Bertz CT molecular complexity index is 1120. The van der Waals surface area contributed by atoms with Gasteiger partial charge in [-0.3, -0.25) is 0 Å². The highest BCUT2D eigenvalue weighted by atomic mass is 19.2. The van der Waals surface area contributed by atoms with Crippen LogP contribution < -0.4 is 0 Å². The first-order chi connectivity index (χ1) is 14.4. The average Bonchev–Trinajstić information content (AvgIpc) is 3.55. The van der Waals surface area contributed by atoms with Crippen LogP contribution in [0.3, 0.4) is 0 Å². The molecule has 3 aromatic carbocycles. The van der Waals surface area contributed by atoms with E-state index < -0.39 is 17.5 Å². The molecule has 30 heavy (non-hydrogen) atoms. The van der Waals surface area contributed by atoms with Gasteiger partial charge in [0, 0.05) is 5.56 Å². The predicted octanol–water partition coefficient (Wildman–Crippen LogP) is 6.61. The van der Waals surface area contributed by atoms with Crippen LogP contribution in [0, 0.1) is 42.0 Å². The predicted molar refractivity (Wildman–Crippen MR) is 109 cm³/mol. The minimum Gasteiger partial charge on any atom is -0.205 e. The second-order valence-corrected chi connectivity index (χ2v) is 7.76. The lowest BCUT2D eigenvalue weighted by molar-refractivity contribution is 0.446. The molecule has 0 heterocycles. The minimum absolute atomic E-state index is 0.0396. The van der Waals surface area contributed by atoms with Gasteiger partial charge in [-0.2, -0.15) is 0 Å². The first-order valence-electron chi connectivity index (χ1n) is 9.95. The molecule has 0 nitrogen and oxygen atoms in total. The Morgan fingerprint density at radius 3 is 2.10 bits per heavy atom. The molecule has 152 valence electrons. The van der Waals surface area contributed by atoms with Crippen LogP contribution >= 0.6 is 0 Å². The first kappa shape index (κ1) is 20.2. The molecule has 4 heteroatoms. The van der Waals surface area contributed by atoms with Crippen molar-refractivity contribution >= 4 is 0 Å². The summed E-state index contributed by atoms with van der Waals surface area (Å²) in [4.78, 5) is 0. The van der Waals surface area contributed by atoms with Gasteiger partial charge in [-0.25, -0.2) is 17.6 Å². The smallest absolute Gasteiger partial charge is 0.194 e. The topological polar surface area (TPSA) is 0 Å². The van der Waals surface area contributed by atoms with Crippen LogP contribution in [0.5, 0.6) is 0 Å². The van der Waals surface area contributed by atoms with E-state index in [0.29, 0.717) is 5.56 Å². The van der Waals surface area contributed by atoms with E-state index in [4.69, 9.17) is 0 Å². The van der Waals surface area contributed by atoms with Gasteiger partial charge in [0.2, 0.25) is 0 Å². The molecule has 0 aliphatic heterocycles. The van der Waals surface area contributed by atoms with Crippen LogP contribution in [0.2, 0.25) is 0 Å². The highest BCUT2D eigenvalue weighted by molar-refractivity contribution is 5.49. The van der Waals surface area contributed by atoms with Gasteiger partial charge in [-0.05, 0) is 73.4 Å². The van der Waals surface area contributed by atoms with Crippen LogP contribution in [0.4, 0.5) is 17.6 Å². The van der Waals surface area contributed by atoms with E-state index in [2.05, 4.69) is 36.1 Å². The third-order valence-electron chi connectivity index (χ3n) is 5.38. The third kappa shape index (κ3) is 4.41. The van der Waals surface area contributed by atoms with Crippen LogP contribution in [0.15, 0.2) is 48.5 Å². The SMILES string of the molecule is Cc1ccc(CCc2ccc(C#Cc3cc(F)c(F)c(F)c3)c(F)c2C2CC2)cc1. The van der Waals surface area contributed by atoms with E-state index in [1.165, 1.54) is 11.1 Å². The molecule has 4 rings (SSSR count). The number of halogens is 4. The van der Waals surface area contributed by atoms with Gasteiger partial charge in [-0.15, -0.1) is 0 Å². The molecule has 0 saturated heterocycles. The number of aryl methyl sites for hydroxylation is 3. The second kappa shape index (κ2) is 8.36. The summed E-state index contributed by atoms with van der Waals surface area (Å²) in [7, 11) is 0. The third-order valence-corrected chi connectivity index (χ3v) is 5.38. The van der Waals surface area contributed by atoms with E-state index in [1.54, 1.807) is 6.07 Å². The monoisotopic (exact) mass is 408 g/mol. The van der Waals surface area contributed by atoms with Crippen molar-refractivity contribution < 1.29 is 17.6 Å². The highest BCUT2D eigenvalue weighted by Gasteiger charge is 2.30. The van der Waals surface area contributed by atoms with E-state index in [0.717, 1.165) is 43.4 Å². The zero-order chi connectivity index (χ0) is 21.3. The van der Waals surface area contributed by atoms with Crippen LogP contribution in [0.25, 0.3) is 0 Å². The Balaban J connectivity index is 1.61. The Kier molecular flexibility index (Phi) is 5.63. The molecule has 0 amide bonds. The zero-order valence-electron chi connectivity index (χ0n) is 16.5. The average molecular weight is 408 g/mol. The maximum atomic E-state index is 15.2. The van der Waals surface area contributed by atoms with Crippen LogP contribution in [0.1, 0.15) is 52.1 Å². The molecule has 0 N–H and O–H groups in total. The largest absolute Gasteiger partial charge is 0.205 e. The summed E-state index contributed by atoms with van der Waals surface area (Å²) in [5.41, 5.74) is 4.22. The Labute approximate surface area is 173 Å². The fourth-order valence-electron chi connectivity index (χ4n) is 3.56. The minimum atomic E-state index is -1.54. The Morgan fingerprint density at radius 2 is 1.47 bits per heavy atom. The lowest BCUT2D eigenvalue weighted by Gasteiger charge is -2.12. The number of hydrogen-bond donors (Lipinski definition) is 0. The Hall–Kier alpha value is -3.06. The van der Waals surface area contributed by atoms with E-state index >= 15 is 4.39 Å². The lowest BCUT2D eigenvalue weighted by atomic mass is 9.94. The molecular formula is C26H20F4. The Morgan fingerprint density at radius 1 is 0.800 bits per heavy atom. The second-order valence-electron chi connectivity index (χ2n) is 7.76. The molecule has 1 saturated carbocycles. The molecule has 0 atom stereocenters. The summed E-state index contributed by atoms with van der Waals surface area (Å²) in [6, 6.07) is 13.4. The fraction of sp³-hybridized carbons (Fsp3) is 0.231. The van der Waals surface area contributed by atoms with Gasteiger partial charge in [0.25, 0.3) is 0 Å². The summed E-state index contributed by atoms with van der Waals surface area (Å²) >= 11 is 0. The van der Waals surface area contributed by atoms with Gasteiger partial charge in [0.15, 0.2) is 17.5 Å². The number of rotatable bonds is 4. The maximum absolute atomic E-state index is 15.2. The number of benzene rings is 3. The van der Waals surface area contributed by atoms with Crippen molar-refractivity contribution in [3.63, 3.8) is 0 Å². The molecule has 1 aliphatic rings. The molecule has 0 unspecified atom stereocenters. The zero-order valence-corrected chi connectivity index (χ0v) is 16.5. The summed E-state index contributed by atoms with van der Waals surface area (Å²) in [6.07, 6.45) is 3.44. The molecular weight excluding hydrogens is 388 g/mol. The standard InChI is InChI=1S/C26H20F4/c1-16-2-4-17(5-3-16)6-8-19-12-13-21(25(29)24(19)20-10-11-20)9-7-18-14-22(27)26(30)23(28)15-18/h2-5,12-15,20H,6,8,10-11H2,1H3. The van der Waals surface area contributed by atoms with Crippen molar-refractivity contribution in [2.75, 3.05) is 0 Å². The van der Waals surface area contributed by atoms with Crippen LogP contribution in [-0.4, -0.2) is 0 Å². The van der Waals surface area contributed by atoms with Gasteiger partial charge in [-0.1, -0.05) is 47.7 Å². The summed E-state index contributed by atoms with van der Waals surface area (Å²) in [5.74, 6) is 0.854. The van der Waals surface area contributed by atoms with Crippen molar-refractivity contribution in [1.29, 1.82) is 0 Å². The molecule has 0 bridgehead atoms. The highest BCUT2D eigenvalue weighted by Crippen LogP contribution is 2.43. The summed E-state index contributed by atoms with van der Waals surface area (Å²) in [6.45, 7) is 2.04. The first-order valence-corrected chi connectivity index (χ1v) is 9.95. The molecule has 0 spiro atoms.